The van der Waals surface area contributed by atoms with Crippen molar-refractivity contribution < 1.29 is 14.7 Å². The summed E-state index contributed by atoms with van der Waals surface area (Å²) in [4.78, 5) is 24.7. The van der Waals surface area contributed by atoms with E-state index >= 15 is 0 Å². The molecule has 0 aromatic heterocycles. The van der Waals surface area contributed by atoms with Crippen LogP contribution in [-0.4, -0.2) is 41.1 Å². The Balaban J connectivity index is 1.85. The van der Waals surface area contributed by atoms with E-state index in [9.17, 15) is 9.59 Å². The number of amides is 2. The lowest BCUT2D eigenvalue weighted by atomic mass is 10.1. The van der Waals surface area contributed by atoms with E-state index in [1.807, 2.05) is 0 Å². The molecule has 0 aromatic carbocycles. The minimum absolute atomic E-state index is 0.140. The van der Waals surface area contributed by atoms with Gasteiger partial charge in [-0.15, -0.1) is 0 Å². The second-order valence-electron chi connectivity index (χ2n) is 5.11. The normalized spacial score (nSPS) is 25.7. The molecule has 0 spiro atoms. The van der Waals surface area contributed by atoms with E-state index in [2.05, 4.69) is 12.2 Å². The molecule has 2 N–H and O–H groups in total. The van der Waals surface area contributed by atoms with Gasteiger partial charge in [0.05, 0.1) is 0 Å². The van der Waals surface area contributed by atoms with Crippen LogP contribution >= 0.6 is 0 Å². The van der Waals surface area contributed by atoms with Crippen LogP contribution in [-0.2, 0) is 4.79 Å². The predicted octanol–water partition coefficient (Wildman–Crippen LogP) is 1.29. The van der Waals surface area contributed by atoms with Gasteiger partial charge in [-0.1, -0.05) is 13.3 Å². The van der Waals surface area contributed by atoms with Crippen molar-refractivity contribution in [1.82, 2.24) is 10.2 Å². The molecule has 5 nitrogen and oxygen atoms in total. The maximum absolute atomic E-state index is 11.9. The second-order valence-corrected chi connectivity index (χ2v) is 5.11. The molecule has 0 radical (unpaired) electrons. The van der Waals surface area contributed by atoms with E-state index in [1.54, 1.807) is 4.90 Å². The maximum Gasteiger partial charge on any atom is 0.326 e. The first-order valence-corrected chi connectivity index (χ1v) is 6.40. The molecular formula is C12H20N2O3. The molecule has 17 heavy (non-hydrogen) atoms. The van der Waals surface area contributed by atoms with E-state index in [-0.39, 0.29) is 11.9 Å². The summed E-state index contributed by atoms with van der Waals surface area (Å²) in [7, 11) is 0. The summed E-state index contributed by atoms with van der Waals surface area (Å²) >= 11 is 0. The van der Waals surface area contributed by atoms with Crippen LogP contribution in [0.4, 0.5) is 4.79 Å². The smallest absolute Gasteiger partial charge is 0.326 e. The third-order valence-corrected chi connectivity index (χ3v) is 3.79. The maximum atomic E-state index is 11.9. The fourth-order valence-corrected chi connectivity index (χ4v) is 2.39. The zero-order chi connectivity index (χ0) is 12.4. The van der Waals surface area contributed by atoms with Gasteiger partial charge in [0.25, 0.3) is 0 Å². The highest BCUT2D eigenvalue weighted by Crippen LogP contribution is 2.33. The molecule has 1 heterocycles. The average Bonchev–Trinajstić information content (AvgIpc) is 3.01. The van der Waals surface area contributed by atoms with E-state index in [0.29, 0.717) is 5.92 Å². The third-order valence-electron chi connectivity index (χ3n) is 3.79. The number of rotatable bonds is 4. The predicted molar refractivity (Wildman–Crippen MR) is 62.7 cm³/mol. The number of nitrogens with one attached hydrogen (secondary N) is 1. The van der Waals surface area contributed by atoms with Crippen LogP contribution in [0.15, 0.2) is 0 Å². The monoisotopic (exact) mass is 240 g/mol. The van der Waals surface area contributed by atoms with Gasteiger partial charge >= 0.3 is 12.0 Å². The van der Waals surface area contributed by atoms with E-state index < -0.39 is 12.0 Å². The highest BCUT2D eigenvalue weighted by Gasteiger charge is 2.38. The number of hydrogen-bond donors (Lipinski definition) is 2. The van der Waals surface area contributed by atoms with Gasteiger partial charge in [-0.2, -0.15) is 0 Å². The van der Waals surface area contributed by atoms with E-state index in [4.69, 9.17) is 5.11 Å². The lowest BCUT2D eigenvalue weighted by Crippen LogP contribution is -2.48. The van der Waals surface area contributed by atoms with Crippen molar-refractivity contribution in [3.05, 3.63) is 0 Å². The van der Waals surface area contributed by atoms with Gasteiger partial charge in [-0.25, -0.2) is 9.59 Å². The summed E-state index contributed by atoms with van der Waals surface area (Å²) in [5.74, 6) is -0.196. The first-order chi connectivity index (χ1) is 8.11. The van der Waals surface area contributed by atoms with Crippen molar-refractivity contribution in [2.75, 3.05) is 13.1 Å². The number of carbonyl (C=O) groups excluding carboxylic acids is 1. The first-order valence-electron chi connectivity index (χ1n) is 6.40. The van der Waals surface area contributed by atoms with Crippen molar-refractivity contribution in [2.24, 2.45) is 11.8 Å². The molecule has 2 rings (SSSR count). The fraction of sp³-hybridized carbons (Fsp3) is 0.833. The number of nitrogens with zero attached hydrogens (tertiary/aromatic N) is 1. The second kappa shape index (κ2) is 4.94. The number of urea groups is 1. The summed E-state index contributed by atoms with van der Waals surface area (Å²) in [6, 6.07) is -0.900. The Morgan fingerprint density at radius 2 is 2.12 bits per heavy atom. The minimum Gasteiger partial charge on any atom is -0.480 e. The topological polar surface area (TPSA) is 69.6 Å². The lowest BCUT2D eigenvalue weighted by molar-refractivity contribution is -0.139. The van der Waals surface area contributed by atoms with Crippen LogP contribution in [0.25, 0.3) is 0 Å². The zero-order valence-electron chi connectivity index (χ0n) is 10.2. The Morgan fingerprint density at radius 1 is 1.41 bits per heavy atom. The van der Waals surface area contributed by atoms with Crippen molar-refractivity contribution >= 4 is 12.0 Å². The molecular weight excluding hydrogens is 220 g/mol. The van der Waals surface area contributed by atoms with Crippen LogP contribution in [0.2, 0.25) is 0 Å². The highest BCUT2D eigenvalue weighted by molar-refractivity contribution is 5.83. The highest BCUT2D eigenvalue weighted by atomic mass is 16.4. The van der Waals surface area contributed by atoms with Crippen LogP contribution < -0.4 is 5.32 Å². The summed E-state index contributed by atoms with van der Waals surface area (Å²) in [5.41, 5.74) is 0. The summed E-state index contributed by atoms with van der Waals surface area (Å²) in [5, 5.41) is 11.7. The molecule has 1 aliphatic heterocycles. The molecule has 1 aliphatic carbocycles. The van der Waals surface area contributed by atoms with Gasteiger partial charge in [0.1, 0.15) is 6.04 Å². The van der Waals surface area contributed by atoms with Crippen molar-refractivity contribution in [1.29, 1.82) is 0 Å². The van der Waals surface area contributed by atoms with Crippen LogP contribution in [0, 0.1) is 11.8 Å². The van der Waals surface area contributed by atoms with Gasteiger partial charge in [0.15, 0.2) is 0 Å². The Morgan fingerprint density at radius 3 is 2.59 bits per heavy atom. The Labute approximate surface area is 101 Å². The fourth-order valence-electron chi connectivity index (χ4n) is 2.39. The molecule has 0 aromatic rings. The van der Waals surface area contributed by atoms with Crippen LogP contribution in [0.5, 0.6) is 0 Å². The Kier molecular flexibility index (Phi) is 3.54. The van der Waals surface area contributed by atoms with Crippen molar-refractivity contribution in [3.63, 3.8) is 0 Å². The van der Waals surface area contributed by atoms with Crippen molar-refractivity contribution in [2.45, 2.75) is 38.6 Å². The zero-order valence-corrected chi connectivity index (χ0v) is 10.2. The summed E-state index contributed by atoms with van der Waals surface area (Å²) in [6.07, 6.45) is 3.93. The number of carboxylic acids is 1. The first kappa shape index (κ1) is 12.2. The summed E-state index contributed by atoms with van der Waals surface area (Å²) < 4.78 is 0. The molecule has 2 amide bonds. The minimum atomic E-state index is -0.910. The molecule has 2 atom stereocenters. The average molecular weight is 240 g/mol. The number of hydrogen-bond acceptors (Lipinski definition) is 2. The largest absolute Gasteiger partial charge is 0.480 e. The molecule has 2 aliphatic rings. The van der Waals surface area contributed by atoms with Gasteiger partial charge < -0.3 is 15.3 Å². The molecule has 5 heteroatoms. The van der Waals surface area contributed by atoms with Gasteiger partial charge in [0.2, 0.25) is 0 Å². The van der Waals surface area contributed by atoms with Gasteiger partial charge in [0, 0.05) is 13.1 Å². The summed E-state index contributed by atoms with van der Waals surface area (Å²) in [6.45, 7) is 3.64. The number of carboxylic acid groups (broad SMARTS) is 1. The Hall–Kier alpha value is -1.26. The molecule has 2 unspecified atom stereocenters. The number of aliphatic carboxylic acids is 1. The molecule has 2 fully saturated rings. The van der Waals surface area contributed by atoms with E-state index in [0.717, 1.165) is 38.8 Å². The van der Waals surface area contributed by atoms with E-state index in [1.165, 1.54) is 0 Å². The standard InChI is InChI=1S/C12H20N2O3/c1-2-8-5-6-14(7-8)12(17)13-10(11(15)16)9-3-4-9/h8-10H,2-7H2,1H3,(H,13,17)(H,15,16). The molecule has 1 saturated carbocycles. The quantitative estimate of drug-likeness (QED) is 0.778. The lowest BCUT2D eigenvalue weighted by Gasteiger charge is -2.20. The number of carbonyl (C=O) groups is 2. The molecule has 96 valence electrons. The molecule has 0 bridgehead atoms. The van der Waals surface area contributed by atoms with Crippen LogP contribution in [0.3, 0.4) is 0 Å². The Bertz CT molecular complexity index is 315. The SMILES string of the molecule is CCC1CCN(C(=O)NC(C(=O)O)C2CC2)C1. The van der Waals surface area contributed by atoms with Gasteiger partial charge in [-0.05, 0) is 31.1 Å². The van der Waals surface area contributed by atoms with Crippen molar-refractivity contribution in [3.8, 4) is 0 Å². The third kappa shape index (κ3) is 2.90. The van der Waals surface area contributed by atoms with Crippen LogP contribution in [0.1, 0.15) is 32.6 Å². The number of likely N-dealkylation sites (tertiary alicyclic amines) is 1. The van der Waals surface area contributed by atoms with Gasteiger partial charge in [-0.3, -0.25) is 0 Å². The molecule has 1 saturated heterocycles.